The number of hydrogen-bond donors (Lipinski definition) is 2. The molecule has 3 rings (SSSR count). The summed E-state index contributed by atoms with van der Waals surface area (Å²) in [4.78, 5) is 36.9. The molecule has 2 N–H and O–H groups in total. The number of carbonyl (C=O) groups excluding carboxylic acids is 2. The molecule has 1 fully saturated rings. The first kappa shape index (κ1) is 16.5. The van der Waals surface area contributed by atoms with Crippen molar-refractivity contribution < 1.29 is 19.5 Å². The summed E-state index contributed by atoms with van der Waals surface area (Å²) in [5, 5.41) is 11.6. The highest BCUT2D eigenvalue weighted by Gasteiger charge is 2.34. The number of rotatable bonds is 4. The summed E-state index contributed by atoms with van der Waals surface area (Å²) >= 11 is 0. The molecular weight excluding hydrogens is 308 g/mol. The number of carboxylic acid groups (broad SMARTS) is 1. The van der Waals surface area contributed by atoms with Gasteiger partial charge in [-0.1, -0.05) is 18.2 Å². The Hall–Kier alpha value is -2.37. The standard InChI is InChI=1S/C18H22N2O4/c21-16(20-8-7-19-18(24)15(20)11-17(22)23)10-12-5-6-13-3-1-2-4-14(13)9-12/h5-6,9,15H,1-4,7-8,10-11H2,(H,19,24)(H,22,23)/t15-/m0/s1. The van der Waals surface area contributed by atoms with Crippen molar-refractivity contribution in [2.75, 3.05) is 13.1 Å². The van der Waals surface area contributed by atoms with Gasteiger partial charge in [0.1, 0.15) is 6.04 Å². The van der Waals surface area contributed by atoms with Gasteiger partial charge < -0.3 is 15.3 Å². The van der Waals surface area contributed by atoms with Crippen molar-refractivity contribution in [3.63, 3.8) is 0 Å². The summed E-state index contributed by atoms with van der Waals surface area (Å²) in [5.41, 5.74) is 3.60. The summed E-state index contributed by atoms with van der Waals surface area (Å²) in [7, 11) is 0. The number of amides is 2. The molecule has 6 nitrogen and oxygen atoms in total. The SMILES string of the molecule is O=C(O)C[C@H]1C(=O)NCCN1C(=O)Cc1ccc2c(c1)CCCC2. The van der Waals surface area contributed by atoms with Crippen LogP contribution in [0.2, 0.25) is 0 Å². The zero-order valence-corrected chi connectivity index (χ0v) is 13.6. The molecule has 2 amide bonds. The van der Waals surface area contributed by atoms with Gasteiger partial charge in [0.2, 0.25) is 11.8 Å². The zero-order valence-electron chi connectivity index (χ0n) is 13.6. The number of benzene rings is 1. The minimum atomic E-state index is -1.08. The van der Waals surface area contributed by atoms with Gasteiger partial charge in [-0.3, -0.25) is 14.4 Å². The van der Waals surface area contributed by atoms with Crippen molar-refractivity contribution in [3.8, 4) is 0 Å². The highest BCUT2D eigenvalue weighted by molar-refractivity contribution is 5.92. The smallest absolute Gasteiger partial charge is 0.305 e. The van der Waals surface area contributed by atoms with E-state index in [1.54, 1.807) is 0 Å². The molecule has 1 saturated heterocycles. The molecular formula is C18H22N2O4. The molecule has 128 valence electrons. The predicted octanol–water partition coefficient (Wildman–Crippen LogP) is 0.910. The van der Waals surface area contributed by atoms with Crippen LogP contribution in [0.15, 0.2) is 18.2 Å². The molecule has 24 heavy (non-hydrogen) atoms. The van der Waals surface area contributed by atoms with E-state index in [2.05, 4.69) is 17.4 Å². The van der Waals surface area contributed by atoms with Gasteiger partial charge in [-0.05, 0) is 42.4 Å². The van der Waals surface area contributed by atoms with E-state index in [9.17, 15) is 14.4 Å². The number of piperazine rings is 1. The first-order valence-electron chi connectivity index (χ1n) is 8.44. The fraction of sp³-hybridized carbons (Fsp3) is 0.500. The van der Waals surface area contributed by atoms with Crippen LogP contribution in [0.1, 0.15) is 36.0 Å². The molecule has 0 aromatic heterocycles. The Morgan fingerprint density at radius 2 is 1.96 bits per heavy atom. The lowest BCUT2D eigenvalue weighted by Crippen LogP contribution is -2.58. The van der Waals surface area contributed by atoms with Crippen molar-refractivity contribution in [2.24, 2.45) is 0 Å². The highest BCUT2D eigenvalue weighted by atomic mass is 16.4. The van der Waals surface area contributed by atoms with Gasteiger partial charge >= 0.3 is 5.97 Å². The summed E-state index contributed by atoms with van der Waals surface area (Å²) in [6, 6.07) is 5.23. The van der Waals surface area contributed by atoms with Crippen molar-refractivity contribution in [2.45, 2.75) is 44.6 Å². The van der Waals surface area contributed by atoms with Crippen LogP contribution in [0.5, 0.6) is 0 Å². The van der Waals surface area contributed by atoms with Gasteiger partial charge in [0, 0.05) is 13.1 Å². The van der Waals surface area contributed by atoms with Crippen LogP contribution in [-0.4, -0.2) is 46.9 Å². The van der Waals surface area contributed by atoms with Crippen molar-refractivity contribution >= 4 is 17.8 Å². The van der Waals surface area contributed by atoms with Crippen LogP contribution in [0.3, 0.4) is 0 Å². The normalized spacial score (nSPS) is 20.2. The average molecular weight is 330 g/mol. The van der Waals surface area contributed by atoms with Gasteiger partial charge in [0.15, 0.2) is 0 Å². The maximum absolute atomic E-state index is 12.6. The van der Waals surface area contributed by atoms with E-state index in [0.717, 1.165) is 18.4 Å². The van der Waals surface area contributed by atoms with E-state index in [0.29, 0.717) is 13.1 Å². The lowest BCUT2D eigenvalue weighted by Gasteiger charge is -2.34. The maximum Gasteiger partial charge on any atom is 0.305 e. The summed E-state index contributed by atoms with van der Waals surface area (Å²) in [6.07, 6.45) is 4.38. The second-order valence-electron chi connectivity index (χ2n) is 6.48. The highest BCUT2D eigenvalue weighted by Crippen LogP contribution is 2.23. The van der Waals surface area contributed by atoms with Crippen LogP contribution in [0.4, 0.5) is 0 Å². The number of nitrogens with zero attached hydrogens (tertiary/aromatic N) is 1. The first-order valence-corrected chi connectivity index (χ1v) is 8.44. The third-order valence-corrected chi connectivity index (χ3v) is 4.79. The Bertz CT molecular complexity index is 671. The van der Waals surface area contributed by atoms with E-state index >= 15 is 0 Å². The van der Waals surface area contributed by atoms with Gasteiger partial charge in [-0.15, -0.1) is 0 Å². The number of aliphatic carboxylic acids is 1. The summed E-state index contributed by atoms with van der Waals surface area (Å²) in [6.45, 7) is 0.721. The lowest BCUT2D eigenvalue weighted by molar-refractivity contribution is -0.148. The van der Waals surface area contributed by atoms with E-state index in [4.69, 9.17) is 5.11 Å². The first-order chi connectivity index (χ1) is 11.5. The molecule has 1 aromatic rings. The monoisotopic (exact) mass is 330 g/mol. The Morgan fingerprint density at radius 3 is 2.71 bits per heavy atom. The van der Waals surface area contributed by atoms with Crippen molar-refractivity contribution in [3.05, 3.63) is 34.9 Å². The van der Waals surface area contributed by atoms with E-state index in [1.165, 1.54) is 28.9 Å². The molecule has 0 unspecified atom stereocenters. The fourth-order valence-corrected chi connectivity index (χ4v) is 3.55. The minimum absolute atomic E-state index is 0.188. The zero-order chi connectivity index (χ0) is 17.1. The molecule has 1 heterocycles. The summed E-state index contributed by atoms with van der Waals surface area (Å²) < 4.78 is 0. The molecule has 2 aliphatic rings. The molecule has 6 heteroatoms. The number of nitrogens with one attached hydrogen (secondary N) is 1. The fourth-order valence-electron chi connectivity index (χ4n) is 3.55. The van der Waals surface area contributed by atoms with Crippen LogP contribution < -0.4 is 5.32 Å². The molecule has 0 radical (unpaired) electrons. The third kappa shape index (κ3) is 3.58. The van der Waals surface area contributed by atoms with Gasteiger partial charge in [0.25, 0.3) is 0 Å². The van der Waals surface area contributed by atoms with Gasteiger partial charge in [-0.2, -0.15) is 0 Å². The lowest BCUT2D eigenvalue weighted by atomic mass is 9.90. The van der Waals surface area contributed by atoms with Gasteiger partial charge in [-0.25, -0.2) is 0 Å². The van der Waals surface area contributed by atoms with Crippen LogP contribution >= 0.6 is 0 Å². The molecule has 1 atom stereocenters. The summed E-state index contributed by atoms with van der Waals surface area (Å²) in [5.74, 6) is -1.65. The number of fused-ring (bicyclic) bond motifs is 1. The van der Waals surface area contributed by atoms with E-state index in [-0.39, 0.29) is 24.7 Å². The molecule has 0 saturated carbocycles. The average Bonchev–Trinajstić information content (AvgIpc) is 2.56. The molecule has 1 aliphatic heterocycles. The van der Waals surface area contributed by atoms with Crippen LogP contribution in [0.25, 0.3) is 0 Å². The quantitative estimate of drug-likeness (QED) is 0.859. The molecule has 1 aliphatic carbocycles. The number of aryl methyl sites for hydroxylation is 2. The minimum Gasteiger partial charge on any atom is -0.481 e. The predicted molar refractivity (Wildman–Crippen MR) is 87.6 cm³/mol. The van der Waals surface area contributed by atoms with E-state index in [1.807, 2.05) is 6.07 Å². The number of hydrogen-bond acceptors (Lipinski definition) is 3. The maximum atomic E-state index is 12.6. The molecule has 0 spiro atoms. The van der Waals surface area contributed by atoms with Crippen LogP contribution in [-0.2, 0) is 33.6 Å². The Kier molecular flexibility index (Phi) is 4.83. The van der Waals surface area contributed by atoms with Crippen molar-refractivity contribution in [1.82, 2.24) is 10.2 Å². The van der Waals surface area contributed by atoms with Gasteiger partial charge in [0.05, 0.1) is 12.8 Å². The Labute approximate surface area is 140 Å². The van der Waals surface area contributed by atoms with Crippen LogP contribution in [0, 0.1) is 0 Å². The number of carbonyl (C=O) groups is 3. The molecule has 1 aromatic carbocycles. The van der Waals surface area contributed by atoms with E-state index < -0.39 is 12.0 Å². The Balaban J connectivity index is 1.73. The Morgan fingerprint density at radius 1 is 1.21 bits per heavy atom. The molecule has 0 bridgehead atoms. The second-order valence-corrected chi connectivity index (χ2v) is 6.48. The number of carboxylic acids is 1. The van der Waals surface area contributed by atoms with Crippen molar-refractivity contribution in [1.29, 1.82) is 0 Å². The topological polar surface area (TPSA) is 86.7 Å². The largest absolute Gasteiger partial charge is 0.481 e. The third-order valence-electron chi connectivity index (χ3n) is 4.79. The second kappa shape index (κ2) is 7.03.